The van der Waals surface area contributed by atoms with Gasteiger partial charge in [0.1, 0.15) is 23.8 Å². The van der Waals surface area contributed by atoms with Crippen molar-refractivity contribution in [3.8, 4) is 0 Å². The van der Waals surface area contributed by atoms with Crippen molar-refractivity contribution >= 4 is 24.1 Å². The second kappa shape index (κ2) is 8.45. The summed E-state index contributed by atoms with van der Waals surface area (Å²) in [6.45, 7) is 9.81. The zero-order valence-electron chi connectivity index (χ0n) is 16.6. The van der Waals surface area contributed by atoms with Gasteiger partial charge in [-0.1, -0.05) is 0 Å². The van der Waals surface area contributed by atoms with Crippen LogP contribution >= 0.6 is 0 Å². The lowest BCUT2D eigenvalue weighted by Crippen LogP contribution is -2.45. The van der Waals surface area contributed by atoms with Crippen LogP contribution in [0.3, 0.4) is 0 Å². The van der Waals surface area contributed by atoms with Crippen LogP contribution in [0.15, 0.2) is 0 Å². The zero-order chi connectivity index (χ0) is 21.0. The Morgan fingerprint density at radius 1 is 1.04 bits per heavy atom. The molecule has 1 aliphatic heterocycles. The van der Waals surface area contributed by atoms with E-state index in [1.54, 1.807) is 41.5 Å². The fourth-order valence-electron chi connectivity index (χ4n) is 2.44. The lowest BCUT2D eigenvalue weighted by atomic mass is 10.1. The van der Waals surface area contributed by atoms with Crippen molar-refractivity contribution in [1.29, 1.82) is 0 Å². The van der Waals surface area contributed by atoms with Crippen LogP contribution in [-0.4, -0.2) is 70.4 Å². The lowest BCUT2D eigenvalue weighted by Gasteiger charge is -2.26. The highest BCUT2D eigenvalue weighted by atomic mass is 16.6. The van der Waals surface area contributed by atoms with Gasteiger partial charge in [-0.05, 0) is 41.5 Å². The topological polar surface area (TPSA) is 134 Å². The molecule has 0 aromatic carbocycles. The number of hydrogen-bond donors (Lipinski definition) is 3. The molecule has 0 aliphatic carbocycles. The summed E-state index contributed by atoms with van der Waals surface area (Å²) in [6, 6.07) is -1.66. The summed E-state index contributed by atoms with van der Waals surface area (Å²) in [4.78, 5) is 48.3. The summed E-state index contributed by atoms with van der Waals surface area (Å²) in [7, 11) is 0. The molecule has 3 amide bonds. The summed E-state index contributed by atoms with van der Waals surface area (Å²) < 4.78 is 10.2. The highest BCUT2D eigenvalue weighted by molar-refractivity contribution is 5.84. The fraction of sp³-hybridized carbons (Fsp3) is 0.765. The van der Waals surface area contributed by atoms with Gasteiger partial charge in [-0.2, -0.15) is 0 Å². The Labute approximate surface area is 158 Å². The number of carbonyl (C=O) groups is 4. The van der Waals surface area contributed by atoms with E-state index in [4.69, 9.17) is 9.47 Å². The van der Waals surface area contributed by atoms with Gasteiger partial charge in [-0.25, -0.2) is 14.4 Å². The quantitative estimate of drug-likeness (QED) is 0.657. The maximum Gasteiger partial charge on any atom is 0.411 e. The molecule has 10 nitrogen and oxygen atoms in total. The molecule has 0 aromatic heterocycles. The van der Waals surface area contributed by atoms with E-state index >= 15 is 0 Å². The second-order valence-corrected chi connectivity index (χ2v) is 8.34. The SMILES string of the molecule is CC(C)(C)OC(=O)NCC(=O)N[C@@H]1C[C@H](C(=O)O)N(C(=O)OC(C)(C)C)C1. The molecule has 10 heteroatoms. The van der Waals surface area contributed by atoms with Gasteiger partial charge in [-0.15, -0.1) is 0 Å². The Bertz CT molecular complexity index is 592. The van der Waals surface area contributed by atoms with Crippen molar-refractivity contribution in [1.82, 2.24) is 15.5 Å². The molecular weight excluding hydrogens is 358 g/mol. The Morgan fingerprint density at radius 3 is 2.07 bits per heavy atom. The molecule has 0 aromatic rings. The number of carboxylic acid groups (broad SMARTS) is 1. The Balaban J connectivity index is 2.59. The van der Waals surface area contributed by atoms with Gasteiger partial charge >= 0.3 is 18.2 Å². The average molecular weight is 387 g/mol. The number of amides is 3. The number of alkyl carbamates (subject to hydrolysis) is 1. The molecule has 3 N–H and O–H groups in total. The highest BCUT2D eigenvalue weighted by Crippen LogP contribution is 2.21. The molecule has 0 spiro atoms. The molecule has 1 aliphatic rings. The van der Waals surface area contributed by atoms with Crippen LogP contribution in [0.25, 0.3) is 0 Å². The van der Waals surface area contributed by atoms with Gasteiger partial charge in [0.2, 0.25) is 5.91 Å². The van der Waals surface area contributed by atoms with Crippen molar-refractivity contribution in [2.24, 2.45) is 0 Å². The Morgan fingerprint density at radius 2 is 1.59 bits per heavy atom. The fourth-order valence-corrected chi connectivity index (χ4v) is 2.44. The monoisotopic (exact) mass is 387 g/mol. The number of aliphatic carboxylic acids is 1. The van der Waals surface area contributed by atoms with Gasteiger partial charge < -0.3 is 25.2 Å². The normalized spacial score (nSPS) is 20.0. The number of carboxylic acids is 1. The van der Waals surface area contributed by atoms with Crippen LogP contribution in [0.2, 0.25) is 0 Å². The number of carbonyl (C=O) groups excluding carboxylic acids is 3. The number of rotatable bonds is 4. The first-order valence-corrected chi connectivity index (χ1v) is 8.66. The molecule has 2 atom stereocenters. The molecule has 27 heavy (non-hydrogen) atoms. The molecule has 1 rings (SSSR count). The van der Waals surface area contributed by atoms with Gasteiger partial charge in [0.15, 0.2) is 0 Å². The minimum atomic E-state index is -1.18. The van der Waals surface area contributed by atoms with Gasteiger partial charge in [0.05, 0.1) is 0 Å². The van der Waals surface area contributed by atoms with E-state index < -0.39 is 47.3 Å². The first-order valence-electron chi connectivity index (χ1n) is 8.66. The van der Waals surface area contributed by atoms with Crippen LogP contribution in [0, 0.1) is 0 Å². The number of nitrogens with zero attached hydrogens (tertiary/aromatic N) is 1. The minimum absolute atomic E-state index is 0.00403. The van der Waals surface area contributed by atoms with E-state index in [2.05, 4.69) is 10.6 Å². The molecule has 0 bridgehead atoms. The van der Waals surface area contributed by atoms with E-state index in [0.29, 0.717) is 0 Å². The molecule has 154 valence electrons. The number of hydrogen-bond acceptors (Lipinski definition) is 6. The predicted octanol–water partition coefficient (Wildman–Crippen LogP) is 1.09. The van der Waals surface area contributed by atoms with Crippen molar-refractivity contribution in [3.63, 3.8) is 0 Å². The zero-order valence-corrected chi connectivity index (χ0v) is 16.6. The van der Waals surface area contributed by atoms with Crippen molar-refractivity contribution in [2.45, 2.75) is 71.2 Å². The molecule has 1 saturated heterocycles. The maximum absolute atomic E-state index is 12.2. The van der Waals surface area contributed by atoms with E-state index in [9.17, 15) is 24.3 Å². The average Bonchev–Trinajstić information content (AvgIpc) is 2.85. The van der Waals surface area contributed by atoms with Crippen LogP contribution in [-0.2, 0) is 19.1 Å². The molecule has 0 saturated carbocycles. The number of likely N-dealkylation sites (tertiary alicyclic amines) is 1. The summed E-state index contributed by atoms with van der Waals surface area (Å²) >= 11 is 0. The molecular formula is C17H29N3O7. The van der Waals surface area contributed by atoms with Gasteiger partial charge in [-0.3, -0.25) is 9.69 Å². The summed E-state index contributed by atoms with van der Waals surface area (Å²) in [6.07, 6.45) is -1.44. The van der Waals surface area contributed by atoms with Crippen molar-refractivity contribution in [3.05, 3.63) is 0 Å². The van der Waals surface area contributed by atoms with Crippen molar-refractivity contribution < 1.29 is 33.8 Å². The summed E-state index contributed by atoms with van der Waals surface area (Å²) in [5.74, 6) is -1.69. The third kappa shape index (κ3) is 8.14. The minimum Gasteiger partial charge on any atom is -0.480 e. The number of nitrogens with one attached hydrogen (secondary N) is 2. The third-order valence-corrected chi connectivity index (χ3v) is 3.37. The molecule has 1 heterocycles. The largest absolute Gasteiger partial charge is 0.480 e. The van der Waals surface area contributed by atoms with Gasteiger partial charge in [0.25, 0.3) is 0 Å². The first kappa shape index (κ1) is 22.5. The molecule has 1 fully saturated rings. The van der Waals surface area contributed by atoms with Crippen LogP contribution in [0.4, 0.5) is 9.59 Å². The Kier molecular flexibility index (Phi) is 7.05. The van der Waals surface area contributed by atoms with E-state index in [1.807, 2.05) is 0 Å². The maximum atomic E-state index is 12.2. The van der Waals surface area contributed by atoms with E-state index in [-0.39, 0.29) is 19.5 Å². The standard InChI is InChI=1S/C17H29N3O7/c1-16(2,3)26-14(24)18-8-12(21)19-10-7-11(13(22)23)20(9-10)15(25)27-17(4,5)6/h10-11H,7-9H2,1-6H3,(H,18,24)(H,19,21)(H,22,23)/t10-,11-/m1/s1. The summed E-state index contributed by atoms with van der Waals surface area (Å²) in [5.41, 5.74) is -1.45. The van der Waals surface area contributed by atoms with Crippen molar-refractivity contribution in [2.75, 3.05) is 13.1 Å². The first-order chi connectivity index (χ1) is 12.2. The van der Waals surface area contributed by atoms with Crippen LogP contribution in [0.1, 0.15) is 48.0 Å². The number of ether oxygens (including phenoxy) is 2. The van der Waals surface area contributed by atoms with Crippen LogP contribution in [0.5, 0.6) is 0 Å². The van der Waals surface area contributed by atoms with Gasteiger partial charge in [0, 0.05) is 19.0 Å². The van der Waals surface area contributed by atoms with E-state index in [0.717, 1.165) is 4.90 Å². The molecule has 0 unspecified atom stereocenters. The van der Waals surface area contributed by atoms with E-state index in [1.165, 1.54) is 0 Å². The van der Waals surface area contributed by atoms with Crippen LogP contribution < -0.4 is 10.6 Å². The highest BCUT2D eigenvalue weighted by Gasteiger charge is 2.42. The third-order valence-electron chi connectivity index (χ3n) is 3.37. The molecule has 0 radical (unpaired) electrons. The second-order valence-electron chi connectivity index (χ2n) is 8.34. The Hall–Kier alpha value is -2.52. The predicted molar refractivity (Wildman–Crippen MR) is 95.1 cm³/mol. The smallest absolute Gasteiger partial charge is 0.411 e. The summed E-state index contributed by atoms with van der Waals surface area (Å²) in [5, 5.41) is 14.3. The lowest BCUT2D eigenvalue weighted by molar-refractivity contribution is -0.142.